The van der Waals surface area contributed by atoms with Crippen molar-refractivity contribution < 1.29 is 5.11 Å². The predicted molar refractivity (Wildman–Crippen MR) is 74.5 cm³/mol. The average Bonchev–Trinajstić information content (AvgIpc) is 2.77. The van der Waals surface area contributed by atoms with Gasteiger partial charge in [-0.3, -0.25) is 0 Å². The molecule has 1 aromatic carbocycles. The smallest absolute Gasteiger partial charge is 0.118 e. The zero-order chi connectivity index (χ0) is 13.3. The molecule has 2 aromatic rings. The average molecular weight is 303 g/mol. The number of nitrogens with zero attached hydrogens (tertiary/aromatic N) is 2. The highest BCUT2D eigenvalue weighted by molar-refractivity contribution is 7.05. The van der Waals surface area contributed by atoms with Crippen LogP contribution < -0.4 is 0 Å². The minimum absolute atomic E-state index is 0.208. The van der Waals surface area contributed by atoms with E-state index in [-0.39, 0.29) is 5.92 Å². The number of aromatic nitrogens is 2. The molecule has 18 heavy (non-hydrogen) atoms. The number of benzene rings is 1. The molecular weight excluding hydrogens is 291 g/mol. The van der Waals surface area contributed by atoms with E-state index in [0.29, 0.717) is 15.6 Å². The van der Waals surface area contributed by atoms with Crippen LogP contribution in [0, 0.1) is 0 Å². The fourth-order valence-electron chi connectivity index (χ4n) is 1.66. The van der Waals surface area contributed by atoms with Gasteiger partial charge in [0.15, 0.2) is 0 Å². The van der Waals surface area contributed by atoms with Crippen molar-refractivity contribution in [3.63, 3.8) is 0 Å². The lowest BCUT2D eigenvalue weighted by atomic mass is 10.0. The molecule has 0 aliphatic heterocycles. The lowest BCUT2D eigenvalue weighted by Gasteiger charge is -2.13. The van der Waals surface area contributed by atoms with Crippen LogP contribution in [0.3, 0.4) is 0 Å². The molecule has 0 saturated heterocycles. The fraction of sp³-hybridized carbons (Fsp3) is 0.333. The second-order valence-corrected chi connectivity index (χ2v) is 5.87. The normalized spacial score (nSPS) is 13.0. The molecule has 0 radical (unpaired) electrons. The van der Waals surface area contributed by atoms with Gasteiger partial charge in [-0.1, -0.05) is 47.6 Å². The monoisotopic (exact) mass is 302 g/mol. The lowest BCUT2D eigenvalue weighted by molar-refractivity contribution is 0.222. The minimum atomic E-state index is -0.813. The number of hydrogen-bond donors (Lipinski definition) is 1. The molecule has 0 aliphatic rings. The quantitative estimate of drug-likeness (QED) is 0.930. The van der Waals surface area contributed by atoms with Crippen molar-refractivity contribution in [3.8, 4) is 0 Å². The standard InChI is InChI=1S/C12H12Cl2N2OS/c1-6(2)10-12(18-16-15-10)11(17)8-4-3-7(13)5-9(8)14/h3-6,11,17H,1-2H3. The van der Waals surface area contributed by atoms with E-state index < -0.39 is 6.10 Å². The largest absolute Gasteiger partial charge is 0.383 e. The van der Waals surface area contributed by atoms with E-state index >= 15 is 0 Å². The van der Waals surface area contributed by atoms with Crippen LogP contribution in [0.1, 0.15) is 42.0 Å². The number of aliphatic hydroxyl groups excluding tert-OH is 1. The molecule has 0 aliphatic carbocycles. The SMILES string of the molecule is CC(C)c1nnsc1C(O)c1ccc(Cl)cc1Cl. The molecule has 1 unspecified atom stereocenters. The predicted octanol–water partition coefficient (Wildman–Crippen LogP) is 4.05. The second-order valence-electron chi connectivity index (χ2n) is 4.25. The molecule has 1 atom stereocenters. The maximum atomic E-state index is 10.4. The van der Waals surface area contributed by atoms with Crippen molar-refractivity contribution in [3.05, 3.63) is 44.4 Å². The third-order valence-electron chi connectivity index (χ3n) is 2.59. The highest BCUT2D eigenvalue weighted by atomic mass is 35.5. The van der Waals surface area contributed by atoms with Gasteiger partial charge in [0.05, 0.1) is 10.6 Å². The summed E-state index contributed by atoms with van der Waals surface area (Å²) in [6.07, 6.45) is -0.813. The van der Waals surface area contributed by atoms with Crippen molar-refractivity contribution in [2.45, 2.75) is 25.9 Å². The van der Waals surface area contributed by atoms with Crippen molar-refractivity contribution in [1.82, 2.24) is 9.59 Å². The van der Waals surface area contributed by atoms with Gasteiger partial charge in [-0.25, -0.2) is 0 Å². The summed E-state index contributed by atoms with van der Waals surface area (Å²) in [6.45, 7) is 4.02. The van der Waals surface area contributed by atoms with Crippen molar-refractivity contribution in [2.24, 2.45) is 0 Å². The van der Waals surface area contributed by atoms with Crippen LogP contribution >= 0.6 is 34.7 Å². The molecule has 1 aromatic heterocycles. The number of aliphatic hydroxyl groups is 1. The number of hydrogen-bond acceptors (Lipinski definition) is 4. The second kappa shape index (κ2) is 5.53. The van der Waals surface area contributed by atoms with E-state index in [1.807, 2.05) is 13.8 Å². The van der Waals surface area contributed by atoms with Crippen molar-refractivity contribution >= 4 is 34.7 Å². The maximum Gasteiger partial charge on any atom is 0.118 e. The van der Waals surface area contributed by atoms with Crippen LogP contribution in [0.4, 0.5) is 0 Å². The van der Waals surface area contributed by atoms with E-state index in [2.05, 4.69) is 9.59 Å². The molecule has 0 amide bonds. The summed E-state index contributed by atoms with van der Waals surface area (Å²) in [5, 5.41) is 15.4. The zero-order valence-corrected chi connectivity index (χ0v) is 12.2. The van der Waals surface area contributed by atoms with E-state index in [0.717, 1.165) is 10.6 Å². The van der Waals surface area contributed by atoms with E-state index in [1.54, 1.807) is 18.2 Å². The first-order valence-corrected chi connectivity index (χ1v) is 6.98. The molecule has 0 spiro atoms. The summed E-state index contributed by atoms with van der Waals surface area (Å²) >= 11 is 13.1. The third-order valence-corrected chi connectivity index (χ3v) is 3.95. The highest BCUT2D eigenvalue weighted by Crippen LogP contribution is 2.34. The molecule has 2 rings (SSSR count). The summed E-state index contributed by atoms with van der Waals surface area (Å²) in [6, 6.07) is 5.04. The molecule has 0 fully saturated rings. The summed E-state index contributed by atoms with van der Waals surface area (Å²) in [5.41, 5.74) is 1.42. The molecule has 0 bridgehead atoms. The summed E-state index contributed by atoms with van der Waals surface area (Å²) in [5.74, 6) is 0.208. The Morgan fingerprint density at radius 3 is 2.61 bits per heavy atom. The van der Waals surface area contributed by atoms with Gasteiger partial charge in [0, 0.05) is 15.6 Å². The maximum absolute atomic E-state index is 10.4. The highest BCUT2D eigenvalue weighted by Gasteiger charge is 2.22. The Morgan fingerprint density at radius 2 is 2.00 bits per heavy atom. The fourth-order valence-corrected chi connectivity index (χ4v) is 2.98. The minimum Gasteiger partial charge on any atom is -0.383 e. The van der Waals surface area contributed by atoms with E-state index in [1.165, 1.54) is 11.5 Å². The molecule has 1 N–H and O–H groups in total. The first-order valence-electron chi connectivity index (χ1n) is 5.46. The van der Waals surface area contributed by atoms with Gasteiger partial charge in [0.2, 0.25) is 0 Å². The van der Waals surface area contributed by atoms with Gasteiger partial charge in [-0.05, 0) is 29.6 Å². The van der Waals surface area contributed by atoms with E-state index in [4.69, 9.17) is 23.2 Å². The van der Waals surface area contributed by atoms with Crippen molar-refractivity contribution in [2.75, 3.05) is 0 Å². The Balaban J connectivity index is 2.41. The van der Waals surface area contributed by atoms with Gasteiger partial charge in [0.25, 0.3) is 0 Å². The van der Waals surface area contributed by atoms with Gasteiger partial charge in [0.1, 0.15) is 6.10 Å². The van der Waals surface area contributed by atoms with E-state index in [9.17, 15) is 5.11 Å². The summed E-state index contributed by atoms with van der Waals surface area (Å²) in [7, 11) is 0. The van der Waals surface area contributed by atoms with Crippen LogP contribution in [-0.2, 0) is 0 Å². The topological polar surface area (TPSA) is 46.0 Å². The lowest BCUT2D eigenvalue weighted by Crippen LogP contribution is -2.03. The molecule has 96 valence electrons. The van der Waals surface area contributed by atoms with Crippen LogP contribution in [0.2, 0.25) is 10.0 Å². The zero-order valence-electron chi connectivity index (χ0n) is 9.89. The molecule has 3 nitrogen and oxygen atoms in total. The third kappa shape index (κ3) is 2.67. The molecule has 6 heteroatoms. The van der Waals surface area contributed by atoms with Crippen LogP contribution in [0.15, 0.2) is 18.2 Å². The van der Waals surface area contributed by atoms with Crippen LogP contribution in [0.25, 0.3) is 0 Å². The molecule has 0 saturated carbocycles. The Bertz CT molecular complexity index is 557. The van der Waals surface area contributed by atoms with Gasteiger partial charge in [-0.2, -0.15) is 0 Å². The first kappa shape index (κ1) is 13.7. The van der Waals surface area contributed by atoms with Gasteiger partial charge >= 0.3 is 0 Å². The van der Waals surface area contributed by atoms with Crippen LogP contribution in [0.5, 0.6) is 0 Å². The van der Waals surface area contributed by atoms with Gasteiger partial charge in [-0.15, -0.1) is 5.10 Å². The Morgan fingerprint density at radius 1 is 1.28 bits per heavy atom. The Labute approximate surface area is 120 Å². The van der Waals surface area contributed by atoms with Crippen LogP contribution in [-0.4, -0.2) is 14.7 Å². The molecular formula is C12H12Cl2N2OS. The summed E-state index contributed by atoms with van der Waals surface area (Å²) in [4.78, 5) is 0.731. The van der Waals surface area contributed by atoms with Crippen molar-refractivity contribution in [1.29, 1.82) is 0 Å². The summed E-state index contributed by atoms with van der Waals surface area (Å²) < 4.78 is 3.90. The Kier molecular flexibility index (Phi) is 4.22. The van der Waals surface area contributed by atoms with Gasteiger partial charge < -0.3 is 5.11 Å². The number of rotatable bonds is 3. The number of halogens is 2. The first-order chi connectivity index (χ1) is 8.50. The Hall–Kier alpha value is -0.680. The molecule has 1 heterocycles.